The van der Waals surface area contributed by atoms with E-state index in [4.69, 9.17) is 0 Å². The van der Waals surface area contributed by atoms with E-state index in [9.17, 15) is 4.79 Å². The van der Waals surface area contributed by atoms with Crippen molar-refractivity contribution in [3.63, 3.8) is 0 Å². The zero-order valence-electron chi connectivity index (χ0n) is 17.1. The molecule has 6 rings (SSSR count). The number of nitrogens with one attached hydrogen (secondary N) is 1. The minimum absolute atomic E-state index is 0.197. The zero-order chi connectivity index (χ0) is 21.0. The SMILES string of the molecule is O=c1cc2ccccc2c2ccccc2n1.c1ccc2c(c1)CCNc1ccccc1-2. The van der Waals surface area contributed by atoms with Crippen LogP contribution in [0, 0.1) is 0 Å². The molecule has 0 spiro atoms. The molecule has 1 aliphatic heterocycles. The van der Waals surface area contributed by atoms with E-state index in [1.54, 1.807) is 6.07 Å². The molecule has 0 saturated carbocycles. The second kappa shape index (κ2) is 8.41. The molecule has 1 aromatic heterocycles. The third-order valence-electron chi connectivity index (χ3n) is 5.61. The predicted octanol–water partition coefficient (Wildman–Crippen LogP) is 6.07. The van der Waals surface area contributed by atoms with Crippen molar-refractivity contribution in [2.45, 2.75) is 6.42 Å². The summed E-state index contributed by atoms with van der Waals surface area (Å²) < 4.78 is 0. The molecule has 5 aromatic rings. The number of nitrogens with zero attached hydrogens (tertiary/aromatic N) is 1. The Morgan fingerprint density at radius 3 is 2.26 bits per heavy atom. The van der Waals surface area contributed by atoms with Crippen molar-refractivity contribution >= 4 is 27.4 Å². The molecule has 4 aromatic carbocycles. The Balaban J connectivity index is 0.000000132. The molecule has 0 atom stereocenters. The summed E-state index contributed by atoms with van der Waals surface area (Å²) in [5.74, 6) is 0. The summed E-state index contributed by atoms with van der Waals surface area (Å²) in [5, 5.41) is 6.48. The lowest BCUT2D eigenvalue weighted by atomic mass is 9.98. The summed E-state index contributed by atoms with van der Waals surface area (Å²) in [6.45, 7) is 1.02. The molecule has 31 heavy (non-hydrogen) atoms. The highest BCUT2D eigenvalue weighted by Gasteiger charge is 2.11. The van der Waals surface area contributed by atoms with Gasteiger partial charge < -0.3 is 5.32 Å². The number of fused-ring (bicyclic) bond motifs is 6. The third kappa shape index (κ3) is 3.90. The van der Waals surface area contributed by atoms with Crippen LogP contribution < -0.4 is 10.9 Å². The van der Waals surface area contributed by atoms with Crippen molar-refractivity contribution in [3.05, 3.63) is 119 Å². The normalized spacial score (nSPS) is 12.0. The largest absolute Gasteiger partial charge is 0.384 e. The average Bonchev–Trinajstić information content (AvgIpc) is 3.08. The number of anilines is 1. The van der Waals surface area contributed by atoms with Gasteiger partial charge in [-0.1, -0.05) is 84.9 Å². The molecule has 0 radical (unpaired) electrons. The van der Waals surface area contributed by atoms with E-state index in [1.807, 2.05) is 48.5 Å². The van der Waals surface area contributed by atoms with Crippen molar-refractivity contribution in [2.24, 2.45) is 0 Å². The van der Waals surface area contributed by atoms with Gasteiger partial charge in [-0.05, 0) is 40.5 Å². The lowest BCUT2D eigenvalue weighted by Crippen LogP contribution is -2.01. The molecule has 0 unspecified atom stereocenters. The van der Waals surface area contributed by atoms with Gasteiger partial charge in [0.1, 0.15) is 0 Å². The van der Waals surface area contributed by atoms with Gasteiger partial charge in [-0.2, -0.15) is 0 Å². The van der Waals surface area contributed by atoms with E-state index in [1.165, 1.54) is 22.4 Å². The van der Waals surface area contributed by atoms with Crippen LogP contribution in [0.5, 0.6) is 0 Å². The van der Waals surface area contributed by atoms with Gasteiger partial charge in [0, 0.05) is 29.2 Å². The number of benzene rings is 4. The van der Waals surface area contributed by atoms with Crippen molar-refractivity contribution in [1.82, 2.24) is 4.98 Å². The Labute approximate surface area is 181 Å². The first-order valence-electron chi connectivity index (χ1n) is 10.5. The molecule has 2 heterocycles. The molecular weight excluding hydrogens is 380 g/mol. The molecule has 3 nitrogen and oxygen atoms in total. The van der Waals surface area contributed by atoms with Crippen LogP contribution in [0.25, 0.3) is 32.8 Å². The minimum atomic E-state index is -0.197. The fraction of sp³-hybridized carbons (Fsp3) is 0.0714. The van der Waals surface area contributed by atoms with Gasteiger partial charge in [-0.25, -0.2) is 4.98 Å². The fourth-order valence-corrected chi connectivity index (χ4v) is 4.16. The maximum absolute atomic E-state index is 11.6. The van der Waals surface area contributed by atoms with E-state index in [-0.39, 0.29) is 5.56 Å². The third-order valence-corrected chi connectivity index (χ3v) is 5.61. The topological polar surface area (TPSA) is 42.0 Å². The molecule has 1 N–H and O–H groups in total. The van der Waals surface area contributed by atoms with Gasteiger partial charge in [-0.15, -0.1) is 0 Å². The summed E-state index contributed by atoms with van der Waals surface area (Å²) in [7, 11) is 0. The molecule has 3 heteroatoms. The number of para-hydroxylation sites is 2. The molecule has 0 aliphatic carbocycles. The number of rotatable bonds is 0. The Kier molecular flexibility index (Phi) is 5.16. The summed E-state index contributed by atoms with van der Waals surface area (Å²) >= 11 is 0. The highest BCUT2D eigenvalue weighted by atomic mass is 16.1. The molecule has 0 amide bonds. The summed E-state index contributed by atoms with van der Waals surface area (Å²) in [5.41, 5.74) is 5.94. The average molecular weight is 402 g/mol. The fourth-order valence-electron chi connectivity index (χ4n) is 4.16. The van der Waals surface area contributed by atoms with Crippen molar-refractivity contribution in [3.8, 4) is 11.1 Å². The lowest BCUT2D eigenvalue weighted by molar-refractivity contribution is 1.04. The van der Waals surface area contributed by atoms with Gasteiger partial charge in [0.2, 0.25) is 0 Å². The smallest absolute Gasteiger partial charge is 0.270 e. The van der Waals surface area contributed by atoms with E-state index in [0.717, 1.165) is 34.6 Å². The van der Waals surface area contributed by atoms with Gasteiger partial charge >= 0.3 is 0 Å². The predicted molar refractivity (Wildman–Crippen MR) is 130 cm³/mol. The standard InChI is InChI=1S/C14H9NO.C14H13N/c16-14-9-10-5-1-2-6-11(10)12-7-3-4-8-13(12)15-14;1-2-6-12-11(5-1)9-10-15-14-8-4-3-7-13(12)14/h1-9H;1-8,15H,9-10H2. The van der Waals surface area contributed by atoms with Crippen LogP contribution in [-0.2, 0) is 6.42 Å². The molecule has 1 aliphatic rings. The Morgan fingerprint density at radius 1 is 0.677 bits per heavy atom. The summed E-state index contributed by atoms with van der Waals surface area (Å²) in [6.07, 6.45) is 1.10. The van der Waals surface area contributed by atoms with Crippen LogP contribution in [0.3, 0.4) is 0 Å². The van der Waals surface area contributed by atoms with E-state index >= 15 is 0 Å². The van der Waals surface area contributed by atoms with E-state index < -0.39 is 0 Å². The van der Waals surface area contributed by atoms with Gasteiger partial charge in [-0.3, -0.25) is 4.79 Å². The first-order chi connectivity index (χ1) is 15.3. The Bertz CT molecular complexity index is 1340. The Hall–Kier alpha value is -3.98. The second-order valence-electron chi connectivity index (χ2n) is 7.58. The first kappa shape index (κ1) is 19.0. The van der Waals surface area contributed by atoms with Crippen LogP contribution >= 0.6 is 0 Å². The van der Waals surface area contributed by atoms with Crippen LogP contribution in [-0.4, -0.2) is 11.5 Å². The monoisotopic (exact) mass is 402 g/mol. The molecule has 0 fully saturated rings. The zero-order valence-corrected chi connectivity index (χ0v) is 17.1. The van der Waals surface area contributed by atoms with Crippen molar-refractivity contribution < 1.29 is 0 Å². The van der Waals surface area contributed by atoms with Crippen molar-refractivity contribution in [2.75, 3.05) is 11.9 Å². The number of hydrogen-bond acceptors (Lipinski definition) is 3. The highest BCUT2D eigenvalue weighted by molar-refractivity contribution is 6.04. The molecule has 0 bridgehead atoms. The molecular formula is C28H22N2O. The van der Waals surface area contributed by atoms with Crippen molar-refractivity contribution in [1.29, 1.82) is 0 Å². The maximum Gasteiger partial charge on any atom is 0.270 e. The Morgan fingerprint density at radius 2 is 1.35 bits per heavy atom. The first-order valence-corrected chi connectivity index (χ1v) is 10.5. The molecule has 0 saturated heterocycles. The van der Waals surface area contributed by atoms with Gasteiger partial charge in [0.15, 0.2) is 0 Å². The second-order valence-corrected chi connectivity index (χ2v) is 7.58. The van der Waals surface area contributed by atoms with Crippen LogP contribution in [0.2, 0.25) is 0 Å². The van der Waals surface area contributed by atoms with E-state index in [2.05, 4.69) is 58.8 Å². The van der Waals surface area contributed by atoms with E-state index in [0.29, 0.717) is 0 Å². The number of aromatic nitrogens is 1. The minimum Gasteiger partial charge on any atom is -0.384 e. The van der Waals surface area contributed by atoms with Gasteiger partial charge in [0.25, 0.3) is 5.56 Å². The van der Waals surface area contributed by atoms with Crippen LogP contribution in [0.1, 0.15) is 5.56 Å². The summed E-state index contributed by atoms with van der Waals surface area (Å²) in [4.78, 5) is 15.6. The quantitative estimate of drug-likeness (QED) is 0.342. The maximum atomic E-state index is 11.6. The highest BCUT2D eigenvalue weighted by Crippen LogP contribution is 2.32. The van der Waals surface area contributed by atoms with Crippen LogP contribution in [0.4, 0.5) is 5.69 Å². The molecule has 150 valence electrons. The van der Waals surface area contributed by atoms with Gasteiger partial charge in [0.05, 0.1) is 5.52 Å². The number of hydrogen-bond donors (Lipinski definition) is 1. The lowest BCUT2D eigenvalue weighted by Gasteiger charge is -2.08. The van der Waals surface area contributed by atoms with Crippen LogP contribution in [0.15, 0.2) is 108 Å². The summed E-state index contributed by atoms with van der Waals surface area (Å²) in [6, 6.07) is 34.3.